The van der Waals surface area contributed by atoms with Gasteiger partial charge < -0.3 is 10.2 Å². The molecule has 0 atom stereocenters. The van der Waals surface area contributed by atoms with E-state index in [1.54, 1.807) is 6.08 Å². The molecule has 2 N–H and O–H groups in total. The molecule has 0 aromatic rings. The predicted molar refractivity (Wildman–Crippen MR) is 57.6 cm³/mol. The highest BCUT2D eigenvalue weighted by Gasteiger charge is 2.33. The second-order valence-electron chi connectivity index (χ2n) is 3.77. The van der Waals surface area contributed by atoms with Crippen molar-refractivity contribution in [3.05, 3.63) is 34.8 Å². The van der Waals surface area contributed by atoms with Gasteiger partial charge in [0.15, 0.2) is 5.84 Å². The van der Waals surface area contributed by atoms with Crippen LogP contribution in [0.5, 0.6) is 0 Å². The summed E-state index contributed by atoms with van der Waals surface area (Å²) in [5.41, 5.74) is 2.40. The zero-order valence-corrected chi connectivity index (χ0v) is 8.27. The van der Waals surface area contributed by atoms with Crippen LogP contribution >= 0.6 is 0 Å². The number of allylic oxidation sites excluding steroid dienone is 3. The molecule has 0 saturated heterocycles. The quantitative estimate of drug-likeness (QED) is 0.694. The maximum atomic E-state index is 10.8. The van der Waals surface area contributed by atoms with Crippen LogP contribution in [-0.2, 0) is 4.79 Å². The van der Waals surface area contributed by atoms with Crippen LogP contribution < -0.4 is 0 Å². The first-order valence-electron chi connectivity index (χ1n) is 4.89. The van der Waals surface area contributed by atoms with Crippen LogP contribution in [0.2, 0.25) is 0 Å². The maximum absolute atomic E-state index is 10.8. The highest BCUT2D eigenvalue weighted by molar-refractivity contribution is 6.42. The molecule has 16 heavy (non-hydrogen) atoms. The van der Waals surface area contributed by atoms with Gasteiger partial charge >= 0.3 is 5.97 Å². The van der Waals surface area contributed by atoms with Crippen molar-refractivity contribution >= 4 is 17.5 Å². The van der Waals surface area contributed by atoms with Gasteiger partial charge in [0.25, 0.3) is 0 Å². The second kappa shape index (κ2) is 2.91. The summed E-state index contributed by atoms with van der Waals surface area (Å²) in [7, 11) is 0. The van der Waals surface area contributed by atoms with E-state index in [0.29, 0.717) is 24.4 Å². The summed E-state index contributed by atoms with van der Waals surface area (Å²) in [5.74, 6) is -0.438. The lowest BCUT2D eigenvalue weighted by Crippen LogP contribution is -2.10. The van der Waals surface area contributed by atoms with Gasteiger partial charge in [0.1, 0.15) is 17.2 Å². The molecule has 0 saturated carbocycles. The zero-order chi connectivity index (χ0) is 11.3. The molecule has 0 bridgehead atoms. The Kier molecular flexibility index (Phi) is 1.65. The topological polar surface area (TPSA) is 82.2 Å². The Bertz CT molecular complexity index is 562. The van der Waals surface area contributed by atoms with Crippen LogP contribution in [0.25, 0.3) is 0 Å². The molecule has 3 rings (SSSR count). The number of aliphatic imine (C=N–C) groups is 2. The van der Waals surface area contributed by atoms with Crippen LogP contribution in [-0.4, -0.2) is 27.7 Å². The van der Waals surface area contributed by atoms with Gasteiger partial charge in [-0.3, -0.25) is 0 Å². The first-order valence-corrected chi connectivity index (χ1v) is 4.89. The molecule has 0 fully saturated rings. The minimum atomic E-state index is -1.01. The molecule has 0 amide bonds. The first-order chi connectivity index (χ1) is 7.66. The minimum Gasteiger partial charge on any atom is -0.506 e. The molecule has 5 heteroatoms. The number of hydrogen-bond donors (Lipinski definition) is 2. The van der Waals surface area contributed by atoms with Crippen LogP contribution in [0.1, 0.15) is 12.8 Å². The molecular weight excluding hydrogens is 208 g/mol. The lowest BCUT2D eigenvalue weighted by Gasteiger charge is -2.08. The molecule has 0 unspecified atom stereocenters. The van der Waals surface area contributed by atoms with E-state index in [4.69, 9.17) is 5.11 Å². The van der Waals surface area contributed by atoms with E-state index in [9.17, 15) is 9.90 Å². The fourth-order valence-electron chi connectivity index (χ4n) is 2.05. The monoisotopic (exact) mass is 216 g/mol. The van der Waals surface area contributed by atoms with Gasteiger partial charge in [-0.05, 0) is 18.1 Å². The van der Waals surface area contributed by atoms with Crippen molar-refractivity contribution in [2.75, 3.05) is 0 Å². The molecule has 0 aromatic carbocycles. The third-order valence-corrected chi connectivity index (χ3v) is 2.81. The first kappa shape index (κ1) is 9.08. The number of carboxylic acid groups (broad SMARTS) is 1. The summed E-state index contributed by atoms with van der Waals surface area (Å²) < 4.78 is 0. The Labute approximate surface area is 90.8 Å². The van der Waals surface area contributed by atoms with Crippen molar-refractivity contribution in [1.82, 2.24) is 0 Å². The van der Waals surface area contributed by atoms with Gasteiger partial charge in [-0.25, -0.2) is 14.8 Å². The Hall–Kier alpha value is -2.17. The summed E-state index contributed by atoms with van der Waals surface area (Å²) in [4.78, 5) is 18.9. The molecule has 0 spiro atoms. The third kappa shape index (κ3) is 1.08. The van der Waals surface area contributed by atoms with E-state index < -0.39 is 5.97 Å². The SMILES string of the molecule is O=C(O)C1=NC2=NC3=C(O)C=CCC3=C2C1. The van der Waals surface area contributed by atoms with E-state index in [-0.39, 0.29) is 11.5 Å². The van der Waals surface area contributed by atoms with Crippen LogP contribution in [0.3, 0.4) is 0 Å². The van der Waals surface area contributed by atoms with Gasteiger partial charge in [-0.2, -0.15) is 0 Å². The number of aliphatic hydroxyl groups excluding tert-OH is 1. The van der Waals surface area contributed by atoms with Crippen molar-refractivity contribution in [2.45, 2.75) is 12.8 Å². The maximum Gasteiger partial charge on any atom is 0.350 e. The molecule has 80 valence electrons. The van der Waals surface area contributed by atoms with Gasteiger partial charge in [0.2, 0.25) is 0 Å². The predicted octanol–water partition coefficient (Wildman–Crippen LogP) is 1.35. The van der Waals surface area contributed by atoms with Crippen LogP contribution in [0.4, 0.5) is 0 Å². The van der Waals surface area contributed by atoms with Crippen LogP contribution in [0.15, 0.2) is 44.7 Å². The van der Waals surface area contributed by atoms with Gasteiger partial charge in [-0.1, -0.05) is 6.08 Å². The summed E-state index contributed by atoms with van der Waals surface area (Å²) >= 11 is 0. The Balaban J connectivity index is 2.11. The number of nitrogens with zero attached hydrogens (tertiary/aromatic N) is 2. The molecule has 1 aliphatic carbocycles. The number of hydrogen-bond acceptors (Lipinski definition) is 4. The van der Waals surface area contributed by atoms with Crippen molar-refractivity contribution in [3.63, 3.8) is 0 Å². The Morgan fingerprint density at radius 1 is 1.31 bits per heavy atom. The molecule has 2 heterocycles. The molecule has 0 aromatic heterocycles. The molecule has 0 radical (unpaired) electrons. The van der Waals surface area contributed by atoms with Gasteiger partial charge in [-0.15, -0.1) is 0 Å². The zero-order valence-electron chi connectivity index (χ0n) is 8.27. The Morgan fingerprint density at radius 2 is 2.12 bits per heavy atom. The normalized spacial score (nSPS) is 22.0. The molecule has 2 aliphatic heterocycles. The molecular formula is C11H8N2O3. The summed E-state index contributed by atoms with van der Waals surface area (Å²) in [6.45, 7) is 0. The number of amidine groups is 1. The number of rotatable bonds is 1. The molecule has 5 nitrogen and oxygen atoms in total. The number of fused-ring (bicyclic) bond motifs is 2. The Morgan fingerprint density at radius 3 is 2.88 bits per heavy atom. The highest BCUT2D eigenvalue weighted by atomic mass is 16.4. The van der Waals surface area contributed by atoms with Crippen molar-refractivity contribution in [3.8, 4) is 0 Å². The van der Waals surface area contributed by atoms with Gasteiger partial charge in [0, 0.05) is 12.0 Å². The smallest absolute Gasteiger partial charge is 0.350 e. The van der Waals surface area contributed by atoms with E-state index in [0.717, 1.165) is 11.1 Å². The number of carbonyl (C=O) groups is 1. The fraction of sp³-hybridized carbons (Fsp3) is 0.182. The number of carboxylic acids is 1. The average Bonchev–Trinajstić information content (AvgIpc) is 2.76. The summed E-state index contributed by atoms with van der Waals surface area (Å²) in [6.07, 6.45) is 4.41. The third-order valence-electron chi connectivity index (χ3n) is 2.81. The van der Waals surface area contributed by atoms with Crippen molar-refractivity contribution in [2.24, 2.45) is 9.98 Å². The lowest BCUT2D eigenvalue weighted by molar-refractivity contribution is -0.129. The lowest BCUT2D eigenvalue weighted by atomic mass is 9.97. The average molecular weight is 216 g/mol. The molecule has 3 aliphatic rings. The van der Waals surface area contributed by atoms with E-state index in [1.807, 2.05) is 6.08 Å². The van der Waals surface area contributed by atoms with Crippen LogP contribution in [0, 0.1) is 0 Å². The highest BCUT2D eigenvalue weighted by Crippen LogP contribution is 2.37. The fourth-order valence-corrected chi connectivity index (χ4v) is 2.05. The van der Waals surface area contributed by atoms with E-state index in [2.05, 4.69) is 9.98 Å². The number of aliphatic carboxylic acids is 1. The van der Waals surface area contributed by atoms with Crippen molar-refractivity contribution < 1.29 is 15.0 Å². The summed E-state index contributed by atoms with van der Waals surface area (Å²) in [5, 5.41) is 18.4. The van der Waals surface area contributed by atoms with Crippen molar-refractivity contribution in [1.29, 1.82) is 0 Å². The van der Waals surface area contributed by atoms with E-state index >= 15 is 0 Å². The largest absolute Gasteiger partial charge is 0.506 e. The standard InChI is InChI=1S/C11H8N2O3/c14-8-3-1-2-5-6-4-7(11(15)16)12-10(6)13-9(5)8/h1,3,14H,2,4H2,(H,15,16). The summed E-state index contributed by atoms with van der Waals surface area (Å²) in [6, 6.07) is 0. The number of aliphatic hydroxyl groups is 1. The van der Waals surface area contributed by atoms with E-state index in [1.165, 1.54) is 0 Å². The minimum absolute atomic E-state index is 0.120. The van der Waals surface area contributed by atoms with Gasteiger partial charge in [0.05, 0.1) is 0 Å². The second-order valence-corrected chi connectivity index (χ2v) is 3.77.